The molecule has 1 saturated carbocycles. The van der Waals surface area contributed by atoms with Crippen molar-refractivity contribution in [2.75, 3.05) is 12.0 Å². The highest BCUT2D eigenvalue weighted by Gasteiger charge is 2.59. The van der Waals surface area contributed by atoms with Crippen molar-refractivity contribution in [1.82, 2.24) is 10.2 Å². The highest BCUT2D eigenvalue weighted by molar-refractivity contribution is 7.90. The van der Waals surface area contributed by atoms with E-state index < -0.39 is 9.84 Å². The van der Waals surface area contributed by atoms with Gasteiger partial charge in [0.25, 0.3) is 0 Å². The maximum absolute atomic E-state index is 12.4. The molecule has 0 bridgehead atoms. The third-order valence-corrected chi connectivity index (χ3v) is 4.84. The second-order valence-corrected chi connectivity index (χ2v) is 7.87. The Labute approximate surface area is 109 Å². The second-order valence-electron chi connectivity index (χ2n) is 5.68. The van der Waals surface area contributed by atoms with Gasteiger partial charge in [0.05, 0.1) is 17.5 Å². The van der Waals surface area contributed by atoms with E-state index in [1.165, 1.54) is 6.26 Å². The molecular formula is C12H22N2O3S. The fourth-order valence-corrected chi connectivity index (χ4v) is 3.87. The van der Waals surface area contributed by atoms with E-state index in [1.807, 2.05) is 6.92 Å². The van der Waals surface area contributed by atoms with Crippen LogP contribution < -0.4 is 5.32 Å². The van der Waals surface area contributed by atoms with Crippen LogP contribution in [0.1, 0.15) is 39.5 Å². The molecular weight excluding hydrogens is 252 g/mol. The first-order valence-electron chi connectivity index (χ1n) is 6.57. The number of hydrogen-bond donors (Lipinski definition) is 1. The fraction of sp³-hybridized carbons (Fsp3) is 0.917. The van der Waals surface area contributed by atoms with Crippen molar-refractivity contribution < 1.29 is 13.2 Å². The van der Waals surface area contributed by atoms with Crippen LogP contribution in [0.4, 0.5) is 0 Å². The first-order valence-corrected chi connectivity index (χ1v) is 8.63. The number of hydrogen-bond acceptors (Lipinski definition) is 4. The Hall–Kier alpha value is -0.620. The summed E-state index contributed by atoms with van der Waals surface area (Å²) in [6.45, 7) is 3.90. The van der Waals surface area contributed by atoms with E-state index in [-0.39, 0.29) is 29.4 Å². The number of nitrogens with zero attached hydrogens (tertiary/aromatic N) is 1. The smallest absolute Gasteiger partial charge is 0.244 e. The number of rotatable bonds is 5. The van der Waals surface area contributed by atoms with Gasteiger partial charge in [0.2, 0.25) is 5.91 Å². The summed E-state index contributed by atoms with van der Waals surface area (Å²) in [5.74, 6) is 0.133. The first-order chi connectivity index (χ1) is 8.29. The zero-order valence-corrected chi connectivity index (χ0v) is 12.1. The molecule has 2 atom stereocenters. The van der Waals surface area contributed by atoms with Crippen LogP contribution in [0.15, 0.2) is 0 Å². The molecule has 0 aromatic carbocycles. The SMILES string of the molecule is CCCC1NC2(CC2)C(=O)N1C(C)CS(C)(=O)=O. The van der Waals surface area contributed by atoms with Gasteiger partial charge >= 0.3 is 0 Å². The molecule has 0 aromatic rings. The average Bonchev–Trinajstić information content (AvgIpc) is 2.90. The summed E-state index contributed by atoms with van der Waals surface area (Å²) >= 11 is 0. The number of amides is 1. The molecule has 2 aliphatic rings. The van der Waals surface area contributed by atoms with Gasteiger partial charge in [-0.2, -0.15) is 0 Å². The van der Waals surface area contributed by atoms with Gasteiger partial charge in [-0.05, 0) is 26.2 Å². The Bertz CT molecular complexity index is 442. The Balaban J connectivity index is 2.15. The van der Waals surface area contributed by atoms with Gasteiger partial charge in [-0.25, -0.2) is 8.42 Å². The van der Waals surface area contributed by atoms with Crippen molar-refractivity contribution >= 4 is 15.7 Å². The second kappa shape index (κ2) is 4.49. The molecule has 1 N–H and O–H groups in total. The van der Waals surface area contributed by atoms with Crippen LogP contribution in [-0.2, 0) is 14.6 Å². The number of carbonyl (C=O) groups excluding carboxylic acids is 1. The third-order valence-electron chi connectivity index (χ3n) is 3.75. The molecule has 2 rings (SSSR count). The van der Waals surface area contributed by atoms with Crippen molar-refractivity contribution in [2.45, 2.75) is 57.3 Å². The summed E-state index contributed by atoms with van der Waals surface area (Å²) in [4.78, 5) is 14.1. The van der Waals surface area contributed by atoms with Crippen LogP contribution in [0.5, 0.6) is 0 Å². The lowest BCUT2D eigenvalue weighted by atomic mass is 10.2. The largest absolute Gasteiger partial charge is 0.322 e. The highest BCUT2D eigenvalue weighted by atomic mass is 32.2. The molecule has 1 saturated heterocycles. The molecule has 1 spiro atoms. The summed E-state index contributed by atoms with van der Waals surface area (Å²) < 4.78 is 22.8. The fourth-order valence-electron chi connectivity index (χ4n) is 2.83. The molecule has 5 nitrogen and oxygen atoms in total. The summed E-state index contributed by atoms with van der Waals surface area (Å²) in [5.41, 5.74) is -0.356. The summed E-state index contributed by atoms with van der Waals surface area (Å²) in [5, 5.41) is 3.39. The summed E-state index contributed by atoms with van der Waals surface area (Å²) in [6, 6.07) is -0.253. The van der Waals surface area contributed by atoms with E-state index in [0.29, 0.717) is 0 Å². The van der Waals surface area contributed by atoms with Gasteiger partial charge in [-0.15, -0.1) is 0 Å². The predicted octanol–water partition coefficient (Wildman–Crippen LogP) is 0.510. The van der Waals surface area contributed by atoms with Crippen molar-refractivity contribution in [3.8, 4) is 0 Å². The van der Waals surface area contributed by atoms with Crippen molar-refractivity contribution in [1.29, 1.82) is 0 Å². The minimum Gasteiger partial charge on any atom is -0.322 e. The Morgan fingerprint density at radius 2 is 2.11 bits per heavy atom. The van der Waals surface area contributed by atoms with Gasteiger partial charge in [-0.3, -0.25) is 10.1 Å². The van der Waals surface area contributed by atoms with E-state index in [4.69, 9.17) is 0 Å². The predicted molar refractivity (Wildman–Crippen MR) is 69.8 cm³/mol. The molecule has 1 aliphatic carbocycles. The molecule has 1 amide bonds. The maximum atomic E-state index is 12.4. The highest BCUT2D eigenvalue weighted by Crippen LogP contribution is 2.43. The van der Waals surface area contributed by atoms with E-state index >= 15 is 0 Å². The monoisotopic (exact) mass is 274 g/mol. The van der Waals surface area contributed by atoms with Crippen molar-refractivity contribution in [3.63, 3.8) is 0 Å². The molecule has 0 radical (unpaired) electrons. The summed E-state index contributed by atoms with van der Waals surface area (Å²) in [6.07, 6.45) is 4.84. The molecule has 18 heavy (non-hydrogen) atoms. The Morgan fingerprint density at radius 1 is 1.50 bits per heavy atom. The lowest BCUT2D eigenvalue weighted by Crippen LogP contribution is -2.46. The molecule has 2 fully saturated rings. The zero-order chi connectivity index (χ0) is 13.6. The Kier molecular flexibility index (Phi) is 3.44. The number of sulfone groups is 1. The lowest BCUT2D eigenvalue weighted by Gasteiger charge is -2.29. The maximum Gasteiger partial charge on any atom is 0.244 e. The van der Waals surface area contributed by atoms with Crippen molar-refractivity contribution in [2.24, 2.45) is 0 Å². The normalized spacial score (nSPS) is 27.8. The molecule has 1 aliphatic heterocycles. The van der Waals surface area contributed by atoms with E-state index in [1.54, 1.807) is 4.90 Å². The van der Waals surface area contributed by atoms with Gasteiger partial charge < -0.3 is 4.90 Å². The number of nitrogens with one attached hydrogen (secondary N) is 1. The summed E-state index contributed by atoms with van der Waals surface area (Å²) in [7, 11) is -3.06. The van der Waals surface area contributed by atoms with Crippen LogP contribution >= 0.6 is 0 Å². The van der Waals surface area contributed by atoms with Gasteiger partial charge in [0.15, 0.2) is 0 Å². The van der Waals surface area contributed by atoms with E-state index in [0.717, 1.165) is 25.7 Å². The van der Waals surface area contributed by atoms with Crippen LogP contribution in [0.2, 0.25) is 0 Å². The van der Waals surface area contributed by atoms with Gasteiger partial charge in [-0.1, -0.05) is 13.3 Å². The quantitative estimate of drug-likeness (QED) is 0.793. The molecule has 2 unspecified atom stereocenters. The zero-order valence-electron chi connectivity index (χ0n) is 11.3. The van der Waals surface area contributed by atoms with Gasteiger partial charge in [0, 0.05) is 12.3 Å². The minimum atomic E-state index is -3.06. The minimum absolute atomic E-state index is 0.00162. The van der Waals surface area contributed by atoms with Crippen LogP contribution in [0.3, 0.4) is 0 Å². The van der Waals surface area contributed by atoms with E-state index in [9.17, 15) is 13.2 Å². The molecule has 1 heterocycles. The van der Waals surface area contributed by atoms with Crippen LogP contribution in [-0.4, -0.2) is 49.0 Å². The van der Waals surface area contributed by atoms with E-state index in [2.05, 4.69) is 12.2 Å². The lowest BCUT2D eigenvalue weighted by molar-refractivity contribution is -0.132. The topological polar surface area (TPSA) is 66.5 Å². The molecule has 104 valence electrons. The standard InChI is InChI=1S/C12H22N2O3S/c1-4-5-10-13-12(6-7-12)11(15)14(10)9(2)8-18(3,16)17/h9-10,13H,4-8H2,1-3H3. The number of carbonyl (C=O) groups is 1. The van der Waals surface area contributed by atoms with Gasteiger partial charge in [0.1, 0.15) is 9.84 Å². The first kappa shape index (κ1) is 13.8. The van der Waals surface area contributed by atoms with Crippen LogP contribution in [0, 0.1) is 0 Å². The average molecular weight is 274 g/mol. The van der Waals surface area contributed by atoms with Crippen LogP contribution in [0.25, 0.3) is 0 Å². The molecule has 0 aromatic heterocycles. The third kappa shape index (κ3) is 2.54. The molecule has 6 heteroatoms. The Morgan fingerprint density at radius 3 is 2.56 bits per heavy atom. The van der Waals surface area contributed by atoms with Crippen molar-refractivity contribution in [3.05, 3.63) is 0 Å².